The minimum absolute atomic E-state index is 0.0128. The molecule has 4 heteroatoms. The fourth-order valence-electron chi connectivity index (χ4n) is 2.12. The Labute approximate surface area is 127 Å². The maximum Gasteiger partial charge on any atom is 0.124 e. The topological polar surface area (TPSA) is 41.5 Å². The Kier molecular flexibility index (Phi) is 5.04. The third-order valence-electron chi connectivity index (χ3n) is 3.22. The second-order valence-electron chi connectivity index (χ2n) is 4.58. The highest BCUT2D eigenvalue weighted by atomic mass is 79.9. The normalized spacial score (nSPS) is 12.0. The van der Waals surface area contributed by atoms with Crippen molar-refractivity contribution in [1.82, 2.24) is 0 Å². The van der Waals surface area contributed by atoms with Gasteiger partial charge in [-0.05, 0) is 36.8 Å². The zero-order valence-corrected chi connectivity index (χ0v) is 13.1. The van der Waals surface area contributed by atoms with E-state index in [1.807, 2.05) is 49.4 Å². The molecule has 0 fully saturated rings. The number of methoxy groups -OCH3 is 1. The summed E-state index contributed by atoms with van der Waals surface area (Å²) < 4.78 is 6.34. The van der Waals surface area contributed by atoms with E-state index < -0.39 is 0 Å². The molecule has 0 aliphatic carbocycles. The Morgan fingerprint density at radius 3 is 2.65 bits per heavy atom. The Morgan fingerprint density at radius 1 is 1.25 bits per heavy atom. The van der Waals surface area contributed by atoms with E-state index in [0.29, 0.717) is 0 Å². The van der Waals surface area contributed by atoms with Gasteiger partial charge in [-0.1, -0.05) is 34.1 Å². The summed E-state index contributed by atoms with van der Waals surface area (Å²) in [5.41, 5.74) is 3.07. The van der Waals surface area contributed by atoms with Gasteiger partial charge in [0.25, 0.3) is 0 Å². The Bertz CT molecular complexity index is 586. The summed E-state index contributed by atoms with van der Waals surface area (Å²) in [5.74, 6) is 0.758. The van der Waals surface area contributed by atoms with Gasteiger partial charge in [0.05, 0.1) is 19.8 Å². The van der Waals surface area contributed by atoms with Gasteiger partial charge in [0, 0.05) is 15.7 Å². The lowest BCUT2D eigenvalue weighted by Gasteiger charge is -2.21. The Hall–Kier alpha value is -1.52. The molecule has 0 radical (unpaired) electrons. The molecule has 20 heavy (non-hydrogen) atoms. The van der Waals surface area contributed by atoms with Gasteiger partial charge in [-0.25, -0.2) is 0 Å². The quantitative estimate of drug-likeness (QED) is 0.870. The van der Waals surface area contributed by atoms with E-state index in [4.69, 9.17) is 4.74 Å². The molecule has 1 atom stereocenters. The summed E-state index contributed by atoms with van der Waals surface area (Å²) in [6.07, 6.45) is 0. The molecule has 2 aromatic carbocycles. The average molecular weight is 336 g/mol. The number of anilines is 1. The summed E-state index contributed by atoms with van der Waals surface area (Å²) >= 11 is 3.46. The van der Waals surface area contributed by atoms with E-state index in [1.54, 1.807) is 7.11 Å². The number of halogens is 1. The number of aliphatic hydroxyl groups excluding tert-OH is 1. The van der Waals surface area contributed by atoms with Gasteiger partial charge in [-0.15, -0.1) is 0 Å². The fourth-order valence-corrected chi connectivity index (χ4v) is 2.50. The zero-order chi connectivity index (χ0) is 14.5. The van der Waals surface area contributed by atoms with Crippen LogP contribution in [0.2, 0.25) is 0 Å². The lowest BCUT2D eigenvalue weighted by atomic mass is 10.1. The van der Waals surface area contributed by atoms with Crippen LogP contribution in [0.25, 0.3) is 0 Å². The highest BCUT2D eigenvalue weighted by Crippen LogP contribution is 2.31. The summed E-state index contributed by atoms with van der Waals surface area (Å²) in [6.45, 7) is 2.02. The molecule has 0 heterocycles. The molecule has 2 rings (SSSR count). The molecular weight excluding hydrogens is 318 g/mol. The molecule has 0 aromatic heterocycles. The largest absolute Gasteiger partial charge is 0.496 e. The maximum atomic E-state index is 9.71. The van der Waals surface area contributed by atoms with Crippen molar-refractivity contribution in [2.75, 3.05) is 19.0 Å². The van der Waals surface area contributed by atoms with Crippen LogP contribution >= 0.6 is 15.9 Å². The van der Waals surface area contributed by atoms with Crippen molar-refractivity contribution in [2.24, 2.45) is 0 Å². The van der Waals surface area contributed by atoms with Crippen LogP contribution in [0.3, 0.4) is 0 Å². The van der Waals surface area contributed by atoms with Gasteiger partial charge in [0.2, 0.25) is 0 Å². The molecule has 0 aliphatic rings. The lowest BCUT2D eigenvalue weighted by molar-refractivity contribution is 0.273. The Morgan fingerprint density at radius 2 is 2.00 bits per heavy atom. The second kappa shape index (κ2) is 6.77. The molecule has 106 valence electrons. The minimum atomic E-state index is -0.219. The maximum absolute atomic E-state index is 9.71. The molecule has 2 aromatic rings. The van der Waals surface area contributed by atoms with Crippen LogP contribution in [0.4, 0.5) is 5.69 Å². The standard InChI is InChI=1S/C16H18BrNO2/c1-11-5-3-4-6-14(11)18-15(10-19)13-9-12(17)7-8-16(13)20-2/h3-9,15,18-19H,10H2,1-2H3. The lowest BCUT2D eigenvalue weighted by Crippen LogP contribution is -2.16. The van der Waals surface area contributed by atoms with Crippen molar-refractivity contribution in [3.05, 3.63) is 58.1 Å². The summed E-state index contributed by atoms with van der Waals surface area (Å²) in [6, 6.07) is 13.6. The van der Waals surface area contributed by atoms with E-state index in [-0.39, 0.29) is 12.6 Å². The third kappa shape index (κ3) is 3.32. The van der Waals surface area contributed by atoms with Crippen LogP contribution in [0.5, 0.6) is 5.75 Å². The van der Waals surface area contributed by atoms with Crippen LogP contribution in [-0.2, 0) is 0 Å². The number of aryl methyl sites for hydroxylation is 1. The fraction of sp³-hybridized carbons (Fsp3) is 0.250. The SMILES string of the molecule is COc1ccc(Br)cc1C(CO)Nc1ccccc1C. The van der Waals surface area contributed by atoms with E-state index in [2.05, 4.69) is 21.2 Å². The number of nitrogens with one attached hydrogen (secondary N) is 1. The van der Waals surface area contributed by atoms with Gasteiger partial charge < -0.3 is 15.2 Å². The number of rotatable bonds is 5. The monoisotopic (exact) mass is 335 g/mol. The molecule has 1 unspecified atom stereocenters. The molecular formula is C16H18BrNO2. The van der Waals surface area contributed by atoms with Crippen molar-refractivity contribution < 1.29 is 9.84 Å². The predicted octanol–water partition coefficient (Wildman–Crippen LogP) is 3.91. The number of hydrogen-bond acceptors (Lipinski definition) is 3. The van der Waals surface area contributed by atoms with Crippen molar-refractivity contribution in [2.45, 2.75) is 13.0 Å². The van der Waals surface area contributed by atoms with E-state index in [1.165, 1.54) is 0 Å². The highest BCUT2D eigenvalue weighted by Gasteiger charge is 2.16. The smallest absolute Gasteiger partial charge is 0.124 e. The summed E-state index contributed by atoms with van der Waals surface area (Å²) in [4.78, 5) is 0. The first-order valence-electron chi connectivity index (χ1n) is 6.42. The first kappa shape index (κ1) is 14.9. The van der Waals surface area contributed by atoms with Gasteiger partial charge in [-0.3, -0.25) is 0 Å². The van der Waals surface area contributed by atoms with Crippen LogP contribution < -0.4 is 10.1 Å². The molecule has 3 nitrogen and oxygen atoms in total. The van der Waals surface area contributed by atoms with Gasteiger partial charge in [0.15, 0.2) is 0 Å². The van der Waals surface area contributed by atoms with Gasteiger partial charge in [0.1, 0.15) is 5.75 Å². The Balaban J connectivity index is 2.33. The van der Waals surface area contributed by atoms with E-state index in [0.717, 1.165) is 27.0 Å². The van der Waals surface area contributed by atoms with Gasteiger partial charge >= 0.3 is 0 Å². The first-order chi connectivity index (χ1) is 9.65. The molecule has 0 aliphatic heterocycles. The number of benzene rings is 2. The molecule has 0 amide bonds. The second-order valence-corrected chi connectivity index (χ2v) is 5.50. The van der Waals surface area contributed by atoms with Crippen molar-refractivity contribution in [3.63, 3.8) is 0 Å². The summed E-state index contributed by atoms with van der Waals surface area (Å²) in [7, 11) is 1.63. The van der Waals surface area contributed by atoms with Crippen LogP contribution in [0.1, 0.15) is 17.2 Å². The number of ether oxygens (including phenoxy) is 1. The zero-order valence-electron chi connectivity index (χ0n) is 11.6. The van der Waals surface area contributed by atoms with E-state index in [9.17, 15) is 5.11 Å². The number of hydrogen-bond donors (Lipinski definition) is 2. The highest BCUT2D eigenvalue weighted by molar-refractivity contribution is 9.10. The number of para-hydroxylation sites is 1. The van der Waals surface area contributed by atoms with Crippen molar-refractivity contribution in [1.29, 1.82) is 0 Å². The molecule has 0 saturated carbocycles. The van der Waals surface area contributed by atoms with Crippen LogP contribution in [0.15, 0.2) is 46.9 Å². The van der Waals surface area contributed by atoms with E-state index >= 15 is 0 Å². The number of aliphatic hydroxyl groups is 1. The van der Waals surface area contributed by atoms with Gasteiger partial charge in [-0.2, -0.15) is 0 Å². The van der Waals surface area contributed by atoms with Crippen molar-refractivity contribution >= 4 is 21.6 Å². The molecule has 2 N–H and O–H groups in total. The predicted molar refractivity (Wildman–Crippen MR) is 85.3 cm³/mol. The van der Waals surface area contributed by atoms with Crippen molar-refractivity contribution in [3.8, 4) is 5.75 Å². The third-order valence-corrected chi connectivity index (χ3v) is 3.72. The molecule has 0 saturated heterocycles. The molecule has 0 bridgehead atoms. The van der Waals surface area contributed by atoms with Crippen LogP contribution in [0, 0.1) is 6.92 Å². The first-order valence-corrected chi connectivity index (χ1v) is 7.21. The average Bonchev–Trinajstić information content (AvgIpc) is 2.46. The minimum Gasteiger partial charge on any atom is -0.496 e. The summed E-state index contributed by atoms with van der Waals surface area (Å²) in [5, 5.41) is 13.1. The van der Waals surface area contributed by atoms with Crippen LogP contribution in [-0.4, -0.2) is 18.8 Å². The molecule has 0 spiro atoms.